The van der Waals surface area contributed by atoms with Gasteiger partial charge in [0.25, 0.3) is 5.91 Å². The van der Waals surface area contributed by atoms with Gasteiger partial charge in [-0.2, -0.15) is 0 Å². The van der Waals surface area contributed by atoms with Crippen molar-refractivity contribution in [2.24, 2.45) is 11.1 Å². The number of nitrogens with one attached hydrogen (secondary N) is 1. The standard InChI is InChI=1S/C14H20N2O3/c1-8-5-10(12(15)17)11(6-9(8)13(18)19)16-7-14(2,3)4/h5-6,16H,7H2,1-4H3,(H2,15,17)(H,18,19). The molecule has 19 heavy (non-hydrogen) atoms. The van der Waals surface area contributed by atoms with Crippen molar-refractivity contribution >= 4 is 17.6 Å². The molecule has 0 heterocycles. The third-order valence-corrected chi connectivity index (χ3v) is 2.67. The van der Waals surface area contributed by atoms with Crippen LogP contribution in [0.15, 0.2) is 12.1 Å². The first kappa shape index (κ1) is 15.0. The van der Waals surface area contributed by atoms with E-state index in [1.165, 1.54) is 12.1 Å². The molecule has 0 spiro atoms. The van der Waals surface area contributed by atoms with E-state index in [1.807, 2.05) is 20.8 Å². The van der Waals surface area contributed by atoms with Gasteiger partial charge < -0.3 is 16.2 Å². The van der Waals surface area contributed by atoms with Crippen LogP contribution in [0.4, 0.5) is 5.69 Å². The van der Waals surface area contributed by atoms with E-state index in [0.29, 0.717) is 23.4 Å². The smallest absolute Gasteiger partial charge is 0.336 e. The number of amides is 1. The van der Waals surface area contributed by atoms with E-state index >= 15 is 0 Å². The van der Waals surface area contributed by atoms with Crippen LogP contribution in [0.3, 0.4) is 0 Å². The number of primary amides is 1. The number of anilines is 1. The maximum absolute atomic E-state index is 11.4. The minimum absolute atomic E-state index is 0.00316. The SMILES string of the molecule is Cc1cc(C(N)=O)c(NCC(C)(C)C)cc1C(=O)O. The van der Waals surface area contributed by atoms with E-state index < -0.39 is 11.9 Å². The Kier molecular flexibility index (Phi) is 4.19. The molecule has 1 aromatic rings. The van der Waals surface area contributed by atoms with Crippen LogP contribution in [0, 0.1) is 12.3 Å². The fourth-order valence-electron chi connectivity index (χ4n) is 1.65. The highest BCUT2D eigenvalue weighted by Gasteiger charge is 2.17. The summed E-state index contributed by atoms with van der Waals surface area (Å²) in [4.78, 5) is 22.5. The lowest BCUT2D eigenvalue weighted by atomic mass is 9.96. The van der Waals surface area contributed by atoms with Gasteiger partial charge in [0.2, 0.25) is 0 Å². The van der Waals surface area contributed by atoms with Crippen molar-refractivity contribution in [3.8, 4) is 0 Å². The lowest BCUT2D eigenvalue weighted by molar-refractivity contribution is 0.0695. The zero-order valence-corrected chi connectivity index (χ0v) is 11.7. The van der Waals surface area contributed by atoms with Crippen LogP contribution in [0.1, 0.15) is 47.1 Å². The van der Waals surface area contributed by atoms with Gasteiger partial charge in [-0.15, -0.1) is 0 Å². The van der Waals surface area contributed by atoms with E-state index in [-0.39, 0.29) is 11.0 Å². The largest absolute Gasteiger partial charge is 0.478 e. The third kappa shape index (κ3) is 3.98. The van der Waals surface area contributed by atoms with Crippen LogP contribution in [-0.4, -0.2) is 23.5 Å². The molecular formula is C14H20N2O3. The number of hydrogen-bond donors (Lipinski definition) is 3. The number of aryl methyl sites for hydroxylation is 1. The van der Waals surface area contributed by atoms with E-state index in [1.54, 1.807) is 6.92 Å². The number of carboxylic acid groups (broad SMARTS) is 1. The number of carbonyl (C=O) groups is 2. The summed E-state index contributed by atoms with van der Waals surface area (Å²) in [7, 11) is 0. The van der Waals surface area contributed by atoms with E-state index in [2.05, 4.69) is 5.32 Å². The average Bonchev–Trinajstić information content (AvgIpc) is 2.25. The molecule has 0 aliphatic heterocycles. The quantitative estimate of drug-likeness (QED) is 0.777. The van der Waals surface area contributed by atoms with Crippen molar-refractivity contribution < 1.29 is 14.7 Å². The predicted molar refractivity (Wildman–Crippen MR) is 74.6 cm³/mol. The monoisotopic (exact) mass is 264 g/mol. The second-order valence-corrected chi connectivity index (χ2v) is 5.80. The number of rotatable bonds is 4. The van der Waals surface area contributed by atoms with Crippen molar-refractivity contribution in [1.82, 2.24) is 0 Å². The summed E-state index contributed by atoms with van der Waals surface area (Å²) in [5.74, 6) is -1.59. The molecule has 4 N–H and O–H groups in total. The normalized spacial score (nSPS) is 11.2. The highest BCUT2D eigenvalue weighted by molar-refractivity contribution is 6.01. The van der Waals surface area contributed by atoms with Crippen molar-refractivity contribution in [2.75, 3.05) is 11.9 Å². The Morgan fingerprint density at radius 1 is 1.26 bits per heavy atom. The van der Waals surface area contributed by atoms with Gasteiger partial charge >= 0.3 is 5.97 Å². The molecule has 5 nitrogen and oxygen atoms in total. The second kappa shape index (κ2) is 5.30. The van der Waals surface area contributed by atoms with E-state index in [4.69, 9.17) is 10.8 Å². The van der Waals surface area contributed by atoms with Crippen molar-refractivity contribution in [2.45, 2.75) is 27.7 Å². The molecule has 0 aliphatic rings. The molecule has 0 saturated heterocycles. The van der Waals surface area contributed by atoms with Crippen LogP contribution in [-0.2, 0) is 0 Å². The number of benzene rings is 1. The molecule has 0 aromatic heterocycles. The van der Waals surface area contributed by atoms with Gasteiger partial charge in [-0.3, -0.25) is 4.79 Å². The van der Waals surface area contributed by atoms with Gasteiger partial charge in [0.1, 0.15) is 0 Å². The minimum Gasteiger partial charge on any atom is -0.478 e. The van der Waals surface area contributed by atoms with Gasteiger partial charge in [-0.1, -0.05) is 20.8 Å². The maximum atomic E-state index is 11.4. The fourth-order valence-corrected chi connectivity index (χ4v) is 1.65. The van der Waals surface area contributed by atoms with Gasteiger partial charge in [-0.25, -0.2) is 4.79 Å². The molecule has 1 amide bonds. The zero-order valence-electron chi connectivity index (χ0n) is 11.7. The van der Waals surface area contributed by atoms with Gasteiger partial charge in [0, 0.05) is 12.2 Å². The molecule has 0 bridgehead atoms. The van der Waals surface area contributed by atoms with Crippen LogP contribution in [0.25, 0.3) is 0 Å². The Bertz CT molecular complexity index is 516. The molecule has 0 saturated carbocycles. The molecule has 0 unspecified atom stereocenters. The van der Waals surface area contributed by atoms with E-state index in [9.17, 15) is 9.59 Å². The first-order chi connectivity index (χ1) is 8.61. The maximum Gasteiger partial charge on any atom is 0.336 e. The molecule has 1 aromatic carbocycles. The second-order valence-electron chi connectivity index (χ2n) is 5.80. The number of carboxylic acids is 1. The van der Waals surface area contributed by atoms with Gasteiger partial charge in [0.15, 0.2) is 0 Å². The molecule has 0 fully saturated rings. The minimum atomic E-state index is -1.02. The molecule has 0 aliphatic carbocycles. The predicted octanol–water partition coefficient (Wildman–Crippen LogP) is 2.25. The molecule has 5 heteroatoms. The van der Waals surface area contributed by atoms with Crippen molar-refractivity contribution in [1.29, 1.82) is 0 Å². The Morgan fingerprint density at radius 3 is 2.26 bits per heavy atom. The Balaban J connectivity index is 3.22. The number of hydrogen-bond acceptors (Lipinski definition) is 3. The van der Waals surface area contributed by atoms with Gasteiger partial charge in [0.05, 0.1) is 11.1 Å². The van der Waals surface area contributed by atoms with Crippen LogP contribution >= 0.6 is 0 Å². The van der Waals surface area contributed by atoms with Crippen LogP contribution in [0.5, 0.6) is 0 Å². The van der Waals surface area contributed by atoms with Crippen LogP contribution in [0.2, 0.25) is 0 Å². The van der Waals surface area contributed by atoms with Crippen molar-refractivity contribution in [3.63, 3.8) is 0 Å². The lowest BCUT2D eigenvalue weighted by Gasteiger charge is -2.21. The summed E-state index contributed by atoms with van der Waals surface area (Å²) >= 11 is 0. The third-order valence-electron chi connectivity index (χ3n) is 2.67. The van der Waals surface area contributed by atoms with Gasteiger partial charge in [-0.05, 0) is 30.0 Å². The zero-order chi connectivity index (χ0) is 14.8. The summed E-state index contributed by atoms with van der Waals surface area (Å²) in [6, 6.07) is 2.97. The number of nitrogens with two attached hydrogens (primary N) is 1. The molecule has 104 valence electrons. The highest BCUT2D eigenvalue weighted by atomic mass is 16.4. The summed E-state index contributed by atoms with van der Waals surface area (Å²) in [5.41, 5.74) is 6.79. The first-order valence-electron chi connectivity index (χ1n) is 6.03. The molecular weight excluding hydrogens is 244 g/mol. The summed E-state index contributed by atoms with van der Waals surface area (Å²) in [6.07, 6.45) is 0. The summed E-state index contributed by atoms with van der Waals surface area (Å²) in [6.45, 7) is 8.36. The van der Waals surface area contributed by atoms with Crippen molar-refractivity contribution in [3.05, 3.63) is 28.8 Å². The summed E-state index contributed by atoms with van der Waals surface area (Å²) in [5, 5.41) is 12.2. The Morgan fingerprint density at radius 2 is 1.84 bits per heavy atom. The number of aromatic carboxylic acids is 1. The average molecular weight is 264 g/mol. The first-order valence-corrected chi connectivity index (χ1v) is 6.03. The topological polar surface area (TPSA) is 92.4 Å². The molecule has 1 rings (SSSR count). The van der Waals surface area contributed by atoms with Crippen LogP contribution < -0.4 is 11.1 Å². The number of carbonyl (C=O) groups excluding carboxylic acids is 1. The Hall–Kier alpha value is -2.04. The fraction of sp³-hybridized carbons (Fsp3) is 0.429. The highest BCUT2D eigenvalue weighted by Crippen LogP contribution is 2.23. The summed E-state index contributed by atoms with van der Waals surface area (Å²) < 4.78 is 0. The molecule has 0 radical (unpaired) electrons. The lowest BCUT2D eigenvalue weighted by Crippen LogP contribution is -2.22. The Labute approximate surface area is 112 Å². The van der Waals surface area contributed by atoms with E-state index in [0.717, 1.165) is 0 Å². The molecule has 0 atom stereocenters.